The van der Waals surface area contributed by atoms with Crippen LogP contribution in [0.3, 0.4) is 0 Å². The lowest BCUT2D eigenvalue weighted by atomic mass is 10.2. The molecule has 0 amide bonds. The smallest absolute Gasteiger partial charge is 0.417 e. The summed E-state index contributed by atoms with van der Waals surface area (Å²) in [5.74, 6) is -0.489. The molecule has 0 saturated heterocycles. The van der Waals surface area contributed by atoms with E-state index in [1.807, 2.05) is 4.72 Å². The van der Waals surface area contributed by atoms with E-state index in [0.29, 0.717) is 6.07 Å². The van der Waals surface area contributed by atoms with E-state index in [4.69, 9.17) is 0 Å². The Hall–Kier alpha value is -1.61. The van der Waals surface area contributed by atoms with Gasteiger partial charge in [0.1, 0.15) is 0 Å². The Bertz CT molecular complexity index is 614. The number of hydrogen-bond donors (Lipinski definition) is 1. The van der Waals surface area contributed by atoms with Gasteiger partial charge in [0.2, 0.25) is 10.0 Å². The fourth-order valence-corrected chi connectivity index (χ4v) is 2.98. The second kappa shape index (κ2) is 7.59. The molecule has 0 aliphatic heterocycles. The van der Waals surface area contributed by atoms with Gasteiger partial charge in [-0.15, -0.1) is 0 Å². The zero-order valence-electron chi connectivity index (χ0n) is 11.8. The van der Waals surface area contributed by atoms with Gasteiger partial charge in [-0.3, -0.25) is 4.79 Å². The van der Waals surface area contributed by atoms with Crippen LogP contribution in [0.2, 0.25) is 0 Å². The molecule has 124 valence electrons. The first kappa shape index (κ1) is 18.4. The molecule has 0 fully saturated rings. The maximum Gasteiger partial charge on any atom is 0.417 e. The van der Waals surface area contributed by atoms with Gasteiger partial charge in [0.05, 0.1) is 17.1 Å². The van der Waals surface area contributed by atoms with Gasteiger partial charge in [-0.2, -0.15) is 13.2 Å². The molecule has 0 radical (unpaired) electrons. The van der Waals surface area contributed by atoms with E-state index in [1.54, 1.807) is 6.92 Å². The number of rotatable bonds is 7. The molecule has 0 atom stereocenters. The highest BCUT2D eigenvalue weighted by Gasteiger charge is 2.36. The Balaban J connectivity index is 2.74. The molecular formula is C13H16F3NO4S. The number of alkyl halides is 3. The second-order valence-corrected chi connectivity index (χ2v) is 6.04. The number of sulfonamides is 1. The van der Waals surface area contributed by atoms with Crippen molar-refractivity contribution in [2.45, 2.75) is 30.8 Å². The van der Waals surface area contributed by atoms with Crippen molar-refractivity contribution in [3.8, 4) is 0 Å². The third-order valence-corrected chi connectivity index (χ3v) is 4.16. The van der Waals surface area contributed by atoms with Crippen molar-refractivity contribution in [1.82, 2.24) is 4.72 Å². The van der Waals surface area contributed by atoms with Crippen molar-refractivity contribution >= 4 is 16.0 Å². The Morgan fingerprint density at radius 3 is 2.50 bits per heavy atom. The van der Waals surface area contributed by atoms with Gasteiger partial charge in [-0.25, -0.2) is 13.1 Å². The molecule has 1 rings (SSSR count). The Morgan fingerprint density at radius 2 is 1.91 bits per heavy atom. The maximum atomic E-state index is 12.8. The first-order valence-corrected chi connectivity index (χ1v) is 7.98. The number of ether oxygens (including phenoxy) is 1. The highest BCUT2D eigenvalue weighted by molar-refractivity contribution is 7.89. The van der Waals surface area contributed by atoms with Gasteiger partial charge in [0.25, 0.3) is 0 Å². The van der Waals surface area contributed by atoms with Crippen LogP contribution in [0.1, 0.15) is 25.3 Å². The number of benzene rings is 1. The summed E-state index contributed by atoms with van der Waals surface area (Å²) in [5, 5.41) is 0. The standard InChI is InChI=1S/C13H16F3NO4S/c1-2-21-12(18)8-5-9-17-22(19,20)11-7-4-3-6-10(11)13(14,15)16/h3-4,6-7,17H,2,5,8-9H2,1H3. The predicted octanol–water partition coefficient (Wildman–Crippen LogP) is 2.33. The number of halogens is 3. The number of hydrogen-bond acceptors (Lipinski definition) is 4. The summed E-state index contributed by atoms with van der Waals surface area (Å²) in [6.45, 7) is 1.69. The number of carbonyl (C=O) groups is 1. The van der Waals surface area contributed by atoms with Crippen molar-refractivity contribution in [1.29, 1.82) is 0 Å². The largest absolute Gasteiger partial charge is 0.466 e. The van der Waals surface area contributed by atoms with Crippen LogP contribution in [0.15, 0.2) is 29.2 Å². The van der Waals surface area contributed by atoms with E-state index in [-0.39, 0.29) is 26.0 Å². The molecule has 0 aromatic heterocycles. The Morgan fingerprint density at radius 1 is 1.27 bits per heavy atom. The zero-order chi connectivity index (χ0) is 16.8. The molecule has 5 nitrogen and oxygen atoms in total. The van der Waals surface area contributed by atoms with Crippen molar-refractivity contribution in [2.75, 3.05) is 13.2 Å². The summed E-state index contributed by atoms with van der Waals surface area (Å²) >= 11 is 0. The quantitative estimate of drug-likeness (QED) is 0.611. The summed E-state index contributed by atoms with van der Waals surface area (Å²) in [6.07, 6.45) is -4.65. The summed E-state index contributed by atoms with van der Waals surface area (Å²) in [6, 6.07) is 3.91. The molecular weight excluding hydrogens is 323 g/mol. The van der Waals surface area contributed by atoms with E-state index < -0.39 is 32.6 Å². The number of carbonyl (C=O) groups excluding carboxylic acids is 1. The summed E-state index contributed by atoms with van der Waals surface area (Å²) in [7, 11) is -4.31. The van der Waals surface area contributed by atoms with Crippen molar-refractivity contribution < 1.29 is 31.1 Å². The summed E-state index contributed by atoms with van der Waals surface area (Å²) < 4.78 is 69.0. The highest BCUT2D eigenvalue weighted by atomic mass is 32.2. The van der Waals surface area contributed by atoms with Crippen LogP contribution >= 0.6 is 0 Å². The van der Waals surface area contributed by atoms with Crippen LogP contribution in [0.25, 0.3) is 0 Å². The van der Waals surface area contributed by atoms with E-state index >= 15 is 0 Å². The van der Waals surface area contributed by atoms with Gasteiger partial charge in [-0.05, 0) is 25.5 Å². The van der Waals surface area contributed by atoms with Gasteiger partial charge in [-0.1, -0.05) is 12.1 Å². The molecule has 0 aliphatic carbocycles. The molecule has 0 aliphatic rings. The van der Waals surface area contributed by atoms with Crippen LogP contribution in [0.4, 0.5) is 13.2 Å². The van der Waals surface area contributed by atoms with Crippen LogP contribution in [0, 0.1) is 0 Å². The molecule has 22 heavy (non-hydrogen) atoms. The topological polar surface area (TPSA) is 72.5 Å². The molecule has 1 N–H and O–H groups in total. The monoisotopic (exact) mass is 339 g/mol. The Kier molecular flexibility index (Phi) is 6.36. The maximum absolute atomic E-state index is 12.8. The summed E-state index contributed by atoms with van der Waals surface area (Å²) in [5.41, 5.74) is -1.23. The highest BCUT2D eigenvalue weighted by Crippen LogP contribution is 2.33. The van der Waals surface area contributed by atoms with E-state index in [9.17, 15) is 26.4 Å². The zero-order valence-corrected chi connectivity index (χ0v) is 12.6. The van der Waals surface area contributed by atoms with E-state index in [1.165, 1.54) is 6.07 Å². The van der Waals surface area contributed by atoms with Crippen LogP contribution in [0.5, 0.6) is 0 Å². The molecule has 0 heterocycles. The SMILES string of the molecule is CCOC(=O)CCCNS(=O)(=O)c1ccccc1C(F)(F)F. The molecule has 1 aromatic carbocycles. The fourth-order valence-electron chi connectivity index (χ4n) is 1.69. The summed E-state index contributed by atoms with van der Waals surface area (Å²) in [4.78, 5) is 10.2. The molecule has 1 aromatic rings. The normalized spacial score (nSPS) is 12.2. The molecule has 0 bridgehead atoms. The minimum atomic E-state index is -4.77. The van der Waals surface area contributed by atoms with Crippen molar-refractivity contribution in [3.05, 3.63) is 29.8 Å². The minimum Gasteiger partial charge on any atom is -0.466 e. The lowest BCUT2D eigenvalue weighted by molar-refractivity contribution is -0.143. The van der Waals surface area contributed by atoms with E-state index in [0.717, 1.165) is 12.1 Å². The average molecular weight is 339 g/mol. The van der Waals surface area contributed by atoms with Crippen LogP contribution in [-0.4, -0.2) is 27.5 Å². The first-order valence-electron chi connectivity index (χ1n) is 6.50. The first-order chi connectivity index (χ1) is 10.2. The molecule has 0 spiro atoms. The van der Waals surface area contributed by atoms with Crippen molar-refractivity contribution in [3.63, 3.8) is 0 Å². The van der Waals surface area contributed by atoms with Gasteiger partial charge in [0, 0.05) is 13.0 Å². The van der Waals surface area contributed by atoms with Gasteiger partial charge >= 0.3 is 12.1 Å². The minimum absolute atomic E-state index is 0.0166. The fraction of sp³-hybridized carbons (Fsp3) is 0.462. The average Bonchev–Trinajstić information content (AvgIpc) is 2.43. The van der Waals surface area contributed by atoms with Crippen molar-refractivity contribution in [2.24, 2.45) is 0 Å². The third kappa shape index (κ3) is 5.30. The van der Waals surface area contributed by atoms with Crippen LogP contribution in [-0.2, 0) is 25.7 Å². The molecule has 0 unspecified atom stereocenters. The third-order valence-electron chi connectivity index (χ3n) is 2.64. The van der Waals surface area contributed by atoms with E-state index in [2.05, 4.69) is 4.74 Å². The number of esters is 1. The predicted molar refractivity (Wildman–Crippen MR) is 72.5 cm³/mol. The second-order valence-electron chi connectivity index (χ2n) is 4.30. The Labute approximate surface area is 126 Å². The number of nitrogens with one attached hydrogen (secondary N) is 1. The lowest BCUT2D eigenvalue weighted by Crippen LogP contribution is -2.27. The lowest BCUT2D eigenvalue weighted by Gasteiger charge is -2.13. The van der Waals surface area contributed by atoms with Crippen LogP contribution < -0.4 is 4.72 Å². The molecule has 0 saturated carbocycles. The van der Waals surface area contributed by atoms with Gasteiger partial charge < -0.3 is 4.74 Å². The molecule has 9 heteroatoms. The van der Waals surface area contributed by atoms with Gasteiger partial charge in [0.15, 0.2) is 0 Å².